The van der Waals surface area contributed by atoms with Gasteiger partial charge < -0.3 is 9.47 Å². The number of ether oxygens (including phenoxy) is 2. The molecule has 2 rings (SSSR count). The zero-order chi connectivity index (χ0) is 43.0. The molecule has 0 aromatic rings. The number of hydrogen-bond donors (Lipinski definition) is 0. The number of esters is 2. The lowest BCUT2D eigenvalue weighted by molar-refractivity contribution is -0.480. The molecule has 310 valence electrons. The maximum Gasteiger partial charge on any atom is 0.384 e. The summed E-state index contributed by atoms with van der Waals surface area (Å²) in [5.74, 6) is -125. The molecule has 0 atom stereocenters. The Kier molecular flexibility index (Phi) is 9.85. The average molecular weight is 854 g/mol. The molecule has 2 fully saturated rings. The fourth-order valence-corrected chi connectivity index (χ4v) is 4.02. The van der Waals surface area contributed by atoms with E-state index in [4.69, 9.17) is 0 Å². The van der Waals surface area contributed by atoms with Crippen LogP contribution in [0, 0.1) is 0 Å². The van der Waals surface area contributed by atoms with E-state index in [0.717, 1.165) is 0 Å². The molecule has 0 aromatic carbocycles. The molecule has 0 radical (unpaired) electrons. The fourth-order valence-electron chi connectivity index (χ4n) is 4.02. The SMILES string of the molecule is C/C(=C\C(=O)OC1C(F)(F)C(F)(F)C(F)(F)C(F)(F)C(F)(F)C(F)(F)C1(F)F)C(=O)OC1C(F)(F)C(F)(F)C(F)(F)C(F)(F)C(F)(F)C(F)(F)C1(F)F. The van der Waals surface area contributed by atoms with Gasteiger partial charge in [0.1, 0.15) is 0 Å². The van der Waals surface area contributed by atoms with Crippen LogP contribution < -0.4 is 0 Å². The van der Waals surface area contributed by atoms with Gasteiger partial charge in [0.15, 0.2) is 0 Å². The average Bonchev–Trinajstić information content (AvgIpc) is 2.95. The highest BCUT2D eigenvalue weighted by atomic mass is 19.4. The van der Waals surface area contributed by atoms with Gasteiger partial charge in [-0.1, -0.05) is 0 Å². The quantitative estimate of drug-likeness (QED) is 0.162. The highest BCUT2D eigenvalue weighted by Gasteiger charge is 3.00. The van der Waals surface area contributed by atoms with Crippen molar-refractivity contribution in [3.63, 3.8) is 0 Å². The molecule has 0 bridgehead atoms. The topological polar surface area (TPSA) is 52.6 Å². The van der Waals surface area contributed by atoms with Crippen molar-refractivity contribution in [3.8, 4) is 0 Å². The first-order valence-corrected chi connectivity index (χ1v) is 12.1. The summed E-state index contributed by atoms with van der Waals surface area (Å²) in [6.07, 6.45) is -14.7. The molecule has 0 aromatic heterocycles. The van der Waals surface area contributed by atoms with E-state index in [1.165, 1.54) is 0 Å². The van der Waals surface area contributed by atoms with E-state index < -0.39 is 126 Å². The molecular formula is C21H6F28O4. The molecule has 4 nitrogen and oxygen atoms in total. The Bertz CT molecular complexity index is 1440. The second kappa shape index (κ2) is 11.4. The van der Waals surface area contributed by atoms with Crippen LogP contribution in [0.4, 0.5) is 123 Å². The Morgan fingerprint density at radius 1 is 0.358 bits per heavy atom. The third kappa shape index (κ3) is 5.08. The van der Waals surface area contributed by atoms with E-state index in [0.29, 0.717) is 0 Å². The van der Waals surface area contributed by atoms with Gasteiger partial charge in [-0.05, 0) is 6.92 Å². The lowest BCUT2D eigenvalue weighted by Gasteiger charge is -2.48. The van der Waals surface area contributed by atoms with Crippen molar-refractivity contribution in [1.82, 2.24) is 0 Å². The summed E-state index contributed by atoms with van der Waals surface area (Å²) in [6, 6.07) is 0. The Labute approximate surface area is 269 Å². The van der Waals surface area contributed by atoms with Crippen LogP contribution >= 0.6 is 0 Å². The maximum absolute atomic E-state index is 14.3. The molecule has 0 heterocycles. The summed E-state index contributed by atoms with van der Waals surface area (Å²) >= 11 is 0. The van der Waals surface area contributed by atoms with Crippen molar-refractivity contribution < 1.29 is 142 Å². The van der Waals surface area contributed by atoms with Crippen molar-refractivity contribution >= 4 is 11.9 Å². The lowest BCUT2D eigenvalue weighted by Crippen LogP contribution is -2.80. The molecule has 53 heavy (non-hydrogen) atoms. The van der Waals surface area contributed by atoms with Crippen molar-refractivity contribution in [2.75, 3.05) is 0 Å². The molecule has 0 N–H and O–H groups in total. The van der Waals surface area contributed by atoms with E-state index in [9.17, 15) is 133 Å². The Balaban J connectivity index is 2.74. The summed E-state index contributed by atoms with van der Waals surface area (Å²) in [7, 11) is 0. The number of carbonyl (C=O) groups excluding carboxylic acids is 2. The summed E-state index contributed by atoms with van der Waals surface area (Å²) in [6.45, 7) is -0.586. The zero-order valence-corrected chi connectivity index (χ0v) is 23.4. The van der Waals surface area contributed by atoms with Crippen LogP contribution in [-0.2, 0) is 19.1 Å². The molecule has 0 amide bonds. The van der Waals surface area contributed by atoms with E-state index in [1.807, 2.05) is 0 Å². The van der Waals surface area contributed by atoms with Crippen molar-refractivity contribution in [2.45, 2.75) is 102 Å². The third-order valence-corrected chi connectivity index (χ3v) is 7.26. The monoisotopic (exact) mass is 854 g/mol. The predicted molar refractivity (Wildman–Crippen MR) is 103 cm³/mol. The van der Waals surface area contributed by atoms with Crippen LogP contribution in [0.2, 0.25) is 0 Å². The van der Waals surface area contributed by atoms with E-state index >= 15 is 0 Å². The van der Waals surface area contributed by atoms with Crippen LogP contribution in [0.15, 0.2) is 11.6 Å². The van der Waals surface area contributed by atoms with Gasteiger partial charge in [-0.2, -0.15) is 123 Å². The number of carbonyl (C=O) groups is 2. The molecular weight excluding hydrogens is 848 g/mol. The molecule has 2 saturated carbocycles. The Morgan fingerprint density at radius 2 is 0.547 bits per heavy atom. The highest BCUT2D eigenvalue weighted by Crippen LogP contribution is 2.69. The largest absolute Gasteiger partial charge is 0.446 e. The van der Waals surface area contributed by atoms with Gasteiger partial charge >= 0.3 is 94.9 Å². The molecule has 0 unspecified atom stereocenters. The van der Waals surface area contributed by atoms with E-state index in [1.54, 1.807) is 0 Å². The van der Waals surface area contributed by atoms with Gasteiger partial charge in [-0.25, -0.2) is 9.59 Å². The molecule has 32 heteroatoms. The molecule has 0 aliphatic heterocycles. The summed E-state index contributed by atoms with van der Waals surface area (Å²) in [4.78, 5) is 23.7. The first kappa shape index (κ1) is 45.9. The molecule has 2 aliphatic carbocycles. The molecule has 2 aliphatic rings. The minimum Gasteiger partial charge on any atom is -0.446 e. The van der Waals surface area contributed by atoms with Gasteiger partial charge in [0, 0.05) is 11.6 Å². The van der Waals surface area contributed by atoms with Crippen molar-refractivity contribution in [3.05, 3.63) is 11.6 Å². The lowest BCUT2D eigenvalue weighted by atomic mass is 9.80. The number of halogens is 28. The van der Waals surface area contributed by atoms with Gasteiger partial charge in [0.05, 0.1) is 0 Å². The third-order valence-electron chi connectivity index (χ3n) is 7.26. The summed E-state index contributed by atoms with van der Waals surface area (Å²) in [5, 5.41) is 0. The standard InChI is InChI=1S/C21H6F28O4/c1-3(5(51)53-7-10(26,27)14(34,35)18(42,43)21(48,49)19(44,45)15(36,37)11(7,28)29)2-4(50)52-6-8(22,23)12(30,31)16(38,39)20(46,47)17(40,41)13(32,33)9(6,24)25/h2,6-7H,1H3/b3-2+. The van der Waals surface area contributed by atoms with Crippen molar-refractivity contribution in [2.24, 2.45) is 0 Å². The predicted octanol–water partition coefficient (Wildman–Crippen LogP) is 8.68. The highest BCUT2D eigenvalue weighted by molar-refractivity contribution is 5.96. The fraction of sp³-hybridized carbons (Fsp3) is 0.810. The van der Waals surface area contributed by atoms with Crippen LogP contribution in [-0.4, -0.2) is 107 Å². The van der Waals surface area contributed by atoms with Crippen LogP contribution in [0.1, 0.15) is 6.92 Å². The van der Waals surface area contributed by atoms with E-state index in [2.05, 4.69) is 9.47 Å². The van der Waals surface area contributed by atoms with Gasteiger partial charge in [0.25, 0.3) is 0 Å². The smallest absolute Gasteiger partial charge is 0.384 e. The Hall–Kier alpha value is -3.28. The van der Waals surface area contributed by atoms with Gasteiger partial charge in [-0.15, -0.1) is 0 Å². The number of hydrogen-bond acceptors (Lipinski definition) is 4. The zero-order valence-electron chi connectivity index (χ0n) is 23.4. The first-order valence-electron chi connectivity index (χ1n) is 12.1. The van der Waals surface area contributed by atoms with E-state index in [-0.39, 0.29) is 0 Å². The normalized spacial score (nSPS) is 31.1. The first-order chi connectivity index (χ1) is 22.7. The maximum atomic E-state index is 14.3. The van der Waals surface area contributed by atoms with Crippen LogP contribution in [0.5, 0.6) is 0 Å². The summed E-state index contributed by atoms with van der Waals surface area (Å²) in [5.41, 5.74) is -2.70. The number of alkyl halides is 28. The van der Waals surface area contributed by atoms with Crippen LogP contribution in [0.25, 0.3) is 0 Å². The molecule has 0 saturated heterocycles. The van der Waals surface area contributed by atoms with Gasteiger partial charge in [0.2, 0.25) is 12.2 Å². The molecule has 0 spiro atoms. The second-order valence-electron chi connectivity index (χ2n) is 10.7. The second-order valence-corrected chi connectivity index (χ2v) is 10.7. The van der Waals surface area contributed by atoms with Crippen molar-refractivity contribution in [1.29, 1.82) is 0 Å². The van der Waals surface area contributed by atoms with Crippen LogP contribution in [0.3, 0.4) is 0 Å². The minimum atomic E-state index is -8.56. The minimum absolute atomic E-state index is 0.586. The summed E-state index contributed by atoms with van der Waals surface area (Å²) < 4.78 is 394. The van der Waals surface area contributed by atoms with Gasteiger partial charge in [-0.3, -0.25) is 0 Å². The number of rotatable bonds is 4. The Morgan fingerprint density at radius 3 is 0.774 bits per heavy atom.